The highest BCUT2D eigenvalue weighted by molar-refractivity contribution is 7.88. The lowest BCUT2D eigenvalue weighted by atomic mass is 10.2. The Morgan fingerprint density at radius 1 is 1.25 bits per heavy atom. The standard InChI is InChI=1S/C7H10N2O2S/c8-7-4-2-1-3-6(7)5-12(9,10)11/h1-4H,5,8H2,(H2,9,10,11). The highest BCUT2D eigenvalue weighted by Crippen LogP contribution is 2.12. The van der Waals surface area contributed by atoms with Crippen molar-refractivity contribution in [3.8, 4) is 0 Å². The first-order chi connectivity index (χ1) is 5.49. The Bertz CT molecular complexity index is 373. The molecule has 0 saturated carbocycles. The summed E-state index contributed by atoms with van der Waals surface area (Å²) in [6.45, 7) is 0. The molecule has 12 heavy (non-hydrogen) atoms. The van der Waals surface area contributed by atoms with Crippen LogP contribution in [0.5, 0.6) is 0 Å². The largest absolute Gasteiger partial charge is 0.398 e. The van der Waals surface area contributed by atoms with Crippen LogP contribution in [0.25, 0.3) is 0 Å². The Labute approximate surface area is 71.2 Å². The molecule has 0 fully saturated rings. The van der Waals surface area contributed by atoms with Crippen molar-refractivity contribution in [1.29, 1.82) is 0 Å². The lowest BCUT2D eigenvalue weighted by Crippen LogP contribution is -2.15. The van der Waals surface area contributed by atoms with E-state index in [-0.39, 0.29) is 5.75 Å². The van der Waals surface area contributed by atoms with Gasteiger partial charge in [-0.2, -0.15) is 0 Å². The molecule has 1 aromatic carbocycles. The van der Waals surface area contributed by atoms with Gasteiger partial charge in [0, 0.05) is 5.69 Å². The number of primary sulfonamides is 1. The molecular formula is C7H10N2O2S. The number of hydrogen-bond donors (Lipinski definition) is 2. The predicted molar refractivity (Wildman–Crippen MR) is 47.7 cm³/mol. The van der Waals surface area contributed by atoms with Gasteiger partial charge in [-0.15, -0.1) is 0 Å². The van der Waals surface area contributed by atoms with Crippen LogP contribution in [0, 0.1) is 0 Å². The van der Waals surface area contributed by atoms with E-state index in [0.29, 0.717) is 11.3 Å². The molecule has 4 N–H and O–H groups in total. The monoisotopic (exact) mass is 186 g/mol. The van der Waals surface area contributed by atoms with E-state index in [9.17, 15) is 8.42 Å². The predicted octanol–water partition coefficient (Wildman–Crippen LogP) is 0.0573. The third kappa shape index (κ3) is 2.52. The van der Waals surface area contributed by atoms with Crippen molar-refractivity contribution in [3.63, 3.8) is 0 Å². The summed E-state index contributed by atoms with van der Waals surface area (Å²) in [5.41, 5.74) is 6.50. The molecule has 0 heterocycles. The summed E-state index contributed by atoms with van der Waals surface area (Å²) in [7, 11) is -3.48. The summed E-state index contributed by atoms with van der Waals surface area (Å²) in [5, 5.41) is 4.85. The van der Waals surface area contributed by atoms with Gasteiger partial charge in [0.1, 0.15) is 0 Å². The Balaban J connectivity index is 2.98. The van der Waals surface area contributed by atoms with E-state index in [1.54, 1.807) is 24.3 Å². The number of para-hydroxylation sites is 1. The maximum atomic E-state index is 10.7. The SMILES string of the molecule is Nc1ccccc1CS(N)(=O)=O. The van der Waals surface area contributed by atoms with Crippen LogP contribution in [0.15, 0.2) is 24.3 Å². The summed E-state index contributed by atoms with van der Waals surface area (Å²) in [4.78, 5) is 0. The van der Waals surface area contributed by atoms with Gasteiger partial charge in [0.2, 0.25) is 10.0 Å². The van der Waals surface area contributed by atoms with E-state index in [4.69, 9.17) is 10.9 Å². The van der Waals surface area contributed by atoms with E-state index in [1.165, 1.54) is 0 Å². The average molecular weight is 186 g/mol. The van der Waals surface area contributed by atoms with Crippen LogP contribution < -0.4 is 10.9 Å². The molecule has 5 heteroatoms. The fourth-order valence-corrected chi connectivity index (χ4v) is 1.58. The van der Waals surface area contributed by atoms with E-state index >= 15 is 0 Å². The van der Waals surface area contributed by atoms with Gasteiger partial charge in [-0.3, -0.25) is 0 Å². The third-order valence-corrected chi connectivity index (χ3v) is 2.13. The molecule has 0 unspecified atom stereocenters. The average Bonchev–Trinajstić information content (AvgIpc) is 1.91. The molecule has 0 spiro atoms. The van der Waals surface area contributed by atoms with Crippen molar-refractivity contribution in [1.82, 2.24) is 0 Å². The van der Waals surface area contributed by atoms with Crippen LogP contribution in [-0.4, -0.2) is 8.42 Å². The van der Waals surface area contributed by atoms with E-state index < -0.39 is 10.0 Å². The van der Waals surface area contributed by atoms with Crippen LogP contribution in [0.3, 0.4) is 0 Å². The molecule has 0 aliphatic carbocycles. The second-order valence-electron chi connectivity index (χ2n) is 2.51. The highest BCUT2D eigenvalue weighted by atomic mass is 32.2. The van der Waals surface area contributed by atoms with Crippen molar-refractivity contribution in [3.05, 3.63) is 29.8 Å². The van der Waals surface area contributed by atoms with Crippen molar-refractivity contribution < 1.29 is 8.42 Å². The first-order valence-electron chi connectivity index (χ1n) is 3.33. The zero-order chi connectivity index (χ0) is 9.19. The Morgan fingerprint density at radius 2 is 1.83 bits per heavy atom. The molecule has 0 aliphatic rings. The molecule has 4 nitrogen and oxygen atoms in total. The molecule has 66 valence electrons. The Morgan fingerprint density at radius 3 is 2.33 bits per heavy atom. The quantitative estimate of drug-likeness (QED) is 0.640. The van der Waals surface area contributed by atoms with Crippen LogP contribution in [0.2, 0.25) is 0 Å². The maximum Gasteiger partial charge on any atom is 0.213 e. The van der Waals surface area contributed by atoms with Crippen molar-refractivity contribution in [2.45, 2.75) is 5.75 Å². The van der Waals surface area contributed by atoms with Gasteiger partial charge in [-0.25, -0.2) is 13.6 Å². The van der Waals surface area contributed by atoms with Crippen molar-refractivity contribution >= 4 is 15.7 Å². The molecule has 0 atom stereocenters. The Kier molecular flexibility index (Phi) is 2.35. The number of sulfonamides is 1. The number of benzene rings is 1. The zero-order valence-electron chi connectivity index (χ0n) is 6.40. The van der Waals surface area contributed by atoms with E-state index in [2.05, 4.69) is 0 Å². The molecule has 0 aromatic heterocycles. The smallest absolute Gasteiger partial charge is 0.213 e. The second-order valence-corrected chi connectivity index (χ2v) is 4.12. The lowest BCUT2D eigenvalue weighted by Gasteiger charge is -2.01. The van der Waals surface area contributed by atoms with Crippen molar-refractivity contribution in [2.24, 2.45) is 5.14 Å². The summed E-state index contributed by atoms with van der Waals surface area (Å²) in [6.07, 6.45) is 0. The zero-order valence-corrected chi connectivity index (χ0v) is 7.21. The van der Waals surface area contributed by atoms with Crippen molar-refractivity contribution in [2.75, 3.05) is 5.73 Å². The Hall–Kier alpha value is -1.07. The summed E-state index contributed by atoms with van der Waals surface area (Å²) < 4.78 is 21.4. The third-order valence-electron chi connectivity index (χ3n) is 1.41. The summed E-state index contributed by atoms with van der Waals surface area (Å²) in [6, 6.07) is 6.74. The minimum absolute atomic E-state index is 0.209. The van der Waals surface area contributed by atoms with Gasteiger partial charge in [0.25, 0.3) is 0 Å². The minimum Gasteiger partial charge on any atom is -0.398 e. The summed E-state index contributed by atoms with van der Waals surface area (Å²) in [5.74, 6) is -0.209. The van der Waals surface area contributed by atoms with Gasteiger partial charge in [-0.05, 0) is 11.6 Å². The molecule has 0 aliphatic heterocycles. The first kappa shape index (κ1) is 9.02. The van der Waals surface area contributed by atoms with Crippen LogP contribution in [-0.2, 0) is 15.8 Å². The molecular weight excluding hydrogens is 176 g/mol. The van der Waals surface area contributed by atoms with Gasteiger partial charge in [-0.1, -0.05) is 18.2 Å². The molecule has 1 rings (SSSR count). The number of nitrogens with two attached hydrogens (primary N) is 2. The van der Waals surface area contributed by atoms with E-state index in [1.807, 2.05) is 0 Å². The second kappa shape index (κ2) is 3.12. The molecule has 0 radical (unpaired) electrons. The van der Waals surface area contributed by atoms with Gasteiger partial charge in [0.05, 0.1) is 5.75 Å². The summed E-state index contributed by atoms with van der Waals surface area (Å²) >= 11 is 0. The number of rotatable bonds is 2. The topological polar surface area (TPSA) is 86.2 Å². The lowest BCUT2D eigenvalue weighted by molar-refractivity contribution is 0.597. The number of hydrogen-bond acceptors (Lipinski definition) is 3. The van der Waals surface area contributed by atoms with Gasteiger partial charge >= 0.3 is 0 Å². The van der Waals surface area contributed by atoms with Gasteiger partial charge in [0.15, 0.2) is 0 Å². The normalized spacial score (nSPS) is 11.4. The van der Waals surface area contributed by atoms with E-state index in [0.717, 1.165) is 0 Å². The fraction of sp³-hybridized carbons (Fsp3) is 0.143. The maximum absolute atomic E-state index is 10.7. The highest BCUT2D eigenvalue weighted by Gasteiger charge is 2.06. The minimum atomic E-state index is -3.48. The molecule has 0 amide bonds. The van der Waals surface area contributed by atoms with Gasteiger partial charge < -0.3 is 5.73 Å². The molecule has 0 bridgehead atoms. The first-order valence-corrected chi connectivity index (χ1v) is 5.04. The number of anilines is 1. The van der Waals surface area contributed by atoms with Crippen LogP contribution in [0.4, 0.5) is 5.69 Å². The fourth-order valence-electron chi connectivity index (χ4n) is 0.882. The molecule has 1 aromatic rings. The van der Waals surface area contributed by atoms with Crippen LogP contribution in [0.1, 0.15) is 5.56 Å². The van der Waals surface area contributed by atoms with Crippen LogP contribution >= 0.6 is 0 Å². The number of nitrogen functional groups attached to an aromatic ring is 1. The molecule has 0 saturated heterocycles.